The van der Waals surface area contributed by atoms with E-state index in [4.69, 9.17) is 11.6 Å². The number of halogens is 1. The maximum absolute atomic E-state index is 11.9. The van der Waals surface area contributed by atoms with Crippen LogP contribution in [-0.2, 0) is 11.2 Å². The van der Waals surface area contributed by atoms with Crippen molar-refractivity contribution in [1.82, 2.24) is 0 Å². The lowest BCUT2D eigenvalue weighted by Crippen LogP contribution is -2.11. The third kappa shape index (κ3) is 5.19. The molecule has 0 saturated heterocycles. The maximum Gasteiger partial charge on any atom is 0.224 e. The number of hydrogen-bond acceptors (Lipinski definition) is 1. The van der Waals surface area contributed by atoms with E-state index < -0.39 is 0 Å². The predicted octanol–water partition coefficient (Wildman–Crippen LogP) is 5.42. The molecule has 0 unspecified atom stereocenters. The van der Waals surface area contributed by atoms with Crippen LogP contribution in [0.5, 0.6) is 0 Å². The van der Waals surface area contributed by atoms with Crippen molar-refractivity contribution in [2.24, 2.45) is 0 Å². The maximum atomic E-state index is 11.9. The van der Waals surface area contributed by atoms with Crippen molar-refractivity contribution in [1.29, 1.82) is 0 Å². The third-order valence-corrected chi connectivity index (χ3v) is 3.90. The fourth-order valence-electron chi connectivity index (χ4n) is 2.28. The first-order valence-electron chi connectivity index (χ1n) is 7.69. The van der Waals surface area contributed by atoms with Gasteiger partial charge in [0, 0.05) is 17.1 Å². The average molecular weight is 316 g/mol. The lowest BCUT2D eigenvalue weighted by atomic mass is 10.0. The Balaban J connectivity index is 1.76. The van der Waals surface area contributed by atoms with Crippen LogP contribution in [-0.4, -0.2) is 5.91 Å². The van der Waals surface area contributed by atoms with Crippen molar-refractivity contribution < 1.29 is 4.79 Å². The topological polar surface area (TPSA) is 29.1 Å². The highest BCUT2D eigenvalue weighted by Gasteiger charge is 2.04. The molecule has 0 aliphatic rings. The van der Waals surface area contributed by atoms with Gasteiger partial charge in [0.05, 0.1) is 0 Å². The minimum atomic E-state index is 0.0614. The Kier molecular flexibility index (Phi) is 6.02. The largest absolute Gasteiger partial charge is 0.326 e. The number of carbonyl (C=O) groups excluding carboxylic acids is 1. The summed E-state index contributed by atoms with van der Waals surface area (Å²) >= 11 is 5.85. The second kappa shape index (κ2) is 8.00. The van der Waals surface area contributed by atoms with Gasteiger partial charge in [-0.1, -0.05) is 49.7 Å². The van der Waals surface area contributed by atoms with Crippen molar-refractivity contribution in [3.8, 4) is 0 Å². The lowest BCUT2D eigenvalue weighted by Gasteiger charge is -2.08. The number of nitrogens with one attached hydrogen (secondary N) is 1. The Morgan fingerprint density at radius 1 is 1.05 bits per heavy atom. The molecule has 116 valence electrons. The van der Waals surface area contributed by atoms with Crippen LogP contribution >= 0.6 is 11.6 Å². The van der Waals surface area contributed by atoms with Gasteiger partial charge in [0.25, 0.3) is 0 Å². The molecule has 0 fully saturated rings. The molecule has 2 nitrogen and oxygen atoms in total. The smallest absolute Gasteiger partial charge is 0.224 e. The summed E-state index contributed by atoms with van der Waals surface area (Å²) < 4.78 is 0. The van der Waals surface area contributed by atoms with Crippen LogP contribution in [0.4, 0.5) is 5.69 Å². The predicted molar refractivity (Wildman–Crippen MR) is 93.6 cm³/mol. The van der Waals surface area contributed by atoms with Crippen LogP contribution in [0.3, 0.4) is 0 Å². The van der Waals surface area contributed by atoms with Gasteiger partial charge in [-0.15, -0.1) is 0 Å². The monoisotopic (exact) mass is 315 g/mol. The van der Waals surface area contributed by atoms with Gasteiger partial charge < -0.3 is 5.32 Å². The van der Waals surface area contributed by atoms with Gasteiger partial charge >= 0.3 is 0 Å². The summed E-state index contributed by atoms with van der Waals surface area (Å²) in [7, 11) is 0. The van der Waals surface area contributed by atoms with Crippen molar-refractivity contribution in [3.63, 3.8) is 0 Å². The zero-order valence-corrected chi connectivity index (χ0v) is 13.9. The number of aryl methyl sites for hydroxylation is 1. The average Bonchev–Trinajstić information content (AvgIpc) is 2.50. The quantitative estimate of drug-likeness (QED) is 0.757. The van der Waals surface area contributed by atoms with E-state index in [1.807, 2.05) is 36.4 Å². The number of rotatable bonds is 6. The Hall–Kier alpha value is -1.80. The molecular formula is C19H22ClNO. The second-order valence-corrected chi connectivity index (χ2v) is 6.24. The van der Waals surface area contributed by atoms with Crippen LogP contribution in [0.25, 0.3) is 0 Å². The number of amides is 1. The first-order valence-corrected chi connectivity index (χ1v) is 8.06. The second-order valence-electron chi connectivity index (χ2n) is 5.80. The van der Waals surface area contributed by atoms with Crippen LogP contribution in [0.15, 0.2) is 48.5 Å². The number of carbonyl (C=O) groups is 1. The van der Waals surface area contributed by atoms with Crippen LogP contribution in [0.1, 0.15) is 43.7 Å². The molecule has 0 aromatic heterocycles. The van der Waals surface area contributed by atoms with E-state index >= 15 is 0 Å². The number of anilines is 1. The minimum absolute atomic E-state index is 0.0614. The Bertz CT molecular complexity index is 602. The molecule has 0 aliphatic carbocycles. The van der Waals surface area contributed by atoms with Crippen molar-refractivity contribution in [2.75, 3.05) is 5.32 Å². The van der Waals surface area contributed by atoms with Gasteiger partial charge in [-0.3, -0.25) is 4.79 Å². The summed E-state index contributed by atoms with van der Waals surface area (Å²) in [5, 5.41) is 3.69. The molecule has 22 heavy (non-hydrogen) atoms. The van der Waals surface area contributed by atoms with Gasteiger partial charge in [-0.25, -0.2) is 0 Å². The zero-order chi connectivity index (χ0) is 15.9. The van der Waals surface area contributed by atoms with Gasteiger partial charge in [-0.05, 0) is 54.2 Å². The molecule has 2 aromatic carbocycles. The minimum Gasteiger partial charge on any atom is -0.326 e. The number of hydrogen-bond donors (Lipinski definition) is 1. The SMILES string of the molecule is CC(C)c1ccc(NC(=O)CCCc2ccc(Cl)cc2)cc1. The van der Waals surface area contributed by atoms with Gasteiger partial charge in [0.1, 0.15) is 0 Å². The van der Waals surface area contributed by atoms with Gasteiger partial charge in [0.2, 0.25) is 5.91 Å². The summed E-state index contributed by atoms with van der Waals surface area (Å²) in [6.07, 6.45) is 2.24. The standard InChI is InChI=1S/C19H22ClNO/c1-14(2)16-8-12-18(13-9-16)21-19(22)5-3-4-15-6-10-17(20)11-7-15/h6-14H,3-5H2,1-2H3,(H,21,22). The lowest BCUT2D eigenvalue weighted by molar-refractivity contribution is -0.116. The summed E-state index contributed by atoms with van der Waals surface area (Å²) in [6, 6.07) is 15.8. The Morgan fingerprint density at radius 2 is 1.68 bits per heavy atom. The summed E-state index contributed by atoms with van der Waals surface area (Å²) in [5.41, 5.74) is 3.35. The van der Waals surface area contributed by atoms with Crippen molar-refractivity contribution >= 4 is 23.2 Å². The first kappa shape index (κ1) is 16.6. The molecule has 0 spiro atoms. The molecule has 0 bridgehead atoms. The van der Waals surface area contributed by atoms with E-state index in [-0.39, 0.29) is 5.91 Å². The Labute approximate surface area is 137 Å². The fraction of sp³-hybridized carbons (Fsp3) is 0.316. The van der Waals surface area contributed by atoms with Crippen LogP contribution in [0.2, 0.25) is 5.02 Å². The van der Waals surface area contributed by atoms with E-state index in [0.29, 0.717) is 12.3 Å². The molecule has 2 rings (SSSR count). The molecule has 2 aromatic rings. The van der Waals surface area contributed by atoms with E-state index in [9.17, 15) is 4.79 Å². The van der Waals surface area contributed by atoms with E-state index in [1.165, 1.54) is 11.1 Å². The van der Waals surface area contributed by atoms with Crippen LogP contribution in [0, 0.1) is 0 Å². The molecule has 0 atom stereocenters. The summed E-state index contributed by atoms with van der Waals surface area (Å²) in [6.45, 7) is 4.31. The molecule has 0 radical (unpaired) electrons. The normalized spacial score (nSPS) is 10.7. The van der Waals surface area contributed by atoms with E-state index in [1.54, 1.807) is 0 Å². The number of benzene rings is 2. The van der Waals surface area contributed by atoms with E-state index in [0.717, 1.165) is 23.6 Å². The molecule has 1 amide bonds. The highest BCUT2D eigenvalue weighted by atomic mass is 35.5. The molecule has 1 N–H and O–H groups in total. The first-order chi connectivity index (χ1) is 10.5. The summed E-state index contributed by atoms with van der Waals surface area (Å²) in [5.74, 6) is 0.565. The van der Waals surface area contributed by atoms with E-state index in [2.05, 4.69) is 31.3 Å². The molecular weight excluding hydrogens is 294 g/mol. The zero-order valence-electron chi connectivity index (χ0n) is 13.1. The fourth-order valence-corrected chi connectivity index (χ4v) is 2.40. The van der Waals surface area contributed by atoms with Crippen molar-refractivity contribution in [3.05, 3.63) is 64.7 Å². The van der Waals surface area contributed by atoms with Crippen LogP contribution < -0.4 is 5.32 Å². The highest BCUT2D eigenvalue weighted by molar-refractivity contribution is 6.30. The van der Waals surface area contributed by atoms with Gasteiger partial charge in [0.15, 0.2) is 0 Å². The van der Waals surface area contributed by atoms with Crippen molar-refractivity contribution in [2.45, 2.75) is 39.0 Å². The van der Waals surface area contributed by atoms with Gasteiger partial charge in [-0.2, -0.15) is 0 Å². The third-order valence-electron chi connectivity index (χ3n) is 3.64. The highest BCUT2D eigenvalue weighted by Crippen LogP contribution is 2.17. The molecule has 3 heteroatoms. The Morgan fingerprint density at radius 3 is 2.27 bits per heavy atom. The molecule has 0 aliphatic heterocycles. The summed E-state index contributed by atoms with van der Waals surface area (Å²) in [4.78, 5) is 11.9. The molecule has 0 saturated carbocycles. The molecule has 0 heterocycles.